The Balaban J connectivity index is 1.63. The van der Waals surface area contributed by atoms with Crippen LogP contribution in [0.5, 0.6) is 0 Å². The van der Waals surface area contributed by atoms with Gasteiger partial charge in [-0.1, -0.05) is 12.1 Å². The fourth-order valence-corrected chi connectivity index (χ4v) is 3.27. The van der Waals surface area contributed by atoms with Crippen molar-refractivity contribution in [3.05, 3.63) is 53.1 Å². The van der Waals surface area contributed by atoms with Gasteiger partial charge in [0.1, 0.15) is 17.5 Å². The summed E-state index contributed by atoms with van der Waals surface area (Å²) in [5.74, 6) is -2.20. The van der Waals surface area contributed by atoms with Gasteiger partial charge in [0.25, 0.3) is 5.91 Å². The number of hydrogen-bond donors (Lipinski definition) is 0. The maximum absolute atomic E-state index is 13.8. The van der Waals surface area contributed by atoms with E-state index in [1.54, 1.807) is 6.07 Å². The van der Waals surface area contributed by atoms with Crippen LogP contribution in [0.2, 0.25) is 0 Å². The number of carbonyl (C=O) groups is 2. The highest BCUT2D eigenvalue weighted by Gasteiger charge is 2.41. The molecular formula is C19H19F4N3O3. The van der Waals surface area contributed by atoms with Crippen molar-refractivity contribution in [1.82, 2.24) is 14.7 Å². The molecule has 1 saturated heterocycles. The fourth-order valence-electron chi connectivity index (χ4n) is 3.27. The van der Waals surface area contributed by atoms with E-state index in [-0.39, 0.29) is 38.0 Å². The zero-order chi connectivity index (χ0) is 21.2. The van der Waals surface area contributed by atoms with Crippen molar-refractivity contribution >= 4 is 11.9 Å². The lowest BCUT2D eigenvalue weighted by Gasteiger charge is -2.31. The molecule has 2 aromatic rings. The van der Waals surface area contributed by atoms with E-state index in [2.05, 4.69) is 5.10 Å². The lowest BCUT2D eigenvalue weighted by atomic mass is 10.1. The van der Waals surface area contributed by atoms with Crippen molar-refractivity contribution in [2.45, 2.75) is 38.6 Å². The minimum Gasteiger partial charge on any atom is -0.459 e. The van der Waals surface area contributed by atoms with Crippen LogP contribution in [0.25, 0.3) is 0 Å². The van der Waals surface area contributed by atoms with Gasteiger partial charge in [0.2, 0.25) is 0 Å². The zero-order valence-corrected chi connectivity index (χ0v) is 15.6. The number of hydrogen-bond acceptors (Lipinski definition) is 4. The molecule has 0 aliphatic carbocycles. The van der Waals surface area contributed by atoms with E-state index in [0.29, 0.717) is 4.68 Å². The highest BCUT2D eigenvalue weighted by atomic mass is 19.4. The summed E-state index contributed by atoms with van der Waals surface area (Å²) in [6.07, 6.45) is -4.04. The van der Waals surface area contributed by atoms with Crippen molar-refractivity contribution in [1.29, 1.82) is 0 Å². The number of benzene rings is 1. The van der Waals surface area contributed by atoms with Gasteiger partial charge in [-0.15, -0.1) is 0 Å². The molecule has 0 unspecified atom stereocenters. The summed E-state index contributed by atoms with van der Waals surface area (Å²) in [7, 11) is 0. The number of nitrogens with zero attached hydrogens (tertiary/aromatic N) is 3. The van der Waals surface area contributed by atoms with E-state index >= 15 is 0 Å². The Morgan fingerprint density at radius 1 is 1.17 bits per heavy atom. The summed E-state index contributed by atoms with van der Waals surface area (Å²) in [6, 6.07) is 5.61. The third-order valence-corrected chi connectivity index (χ3v) is 4.73. The SMILES string of the molecule is CCn1ncc(C(=O)OC2CCN(C(=O)c3ccccc3F)CC2)c1C(F)(F)F. The number of likely N-dealkylation sites (tertiary alicyclic amines) is 1. The summed E-state index contributed by atoms with van der Waals surface area (Å²) < 4.78 is 59.5. The van der Waals surface area contributed by atoms with Crippen molar-refractivity contribution in [2.75, 3.05) is 13.1 Å². The van der Waals surface area contributed by atoms with Crippen LogP contribution in [0.15, 0.2) is 30.5 Å². The Hall–Kier alpha value is -2.91. The van der Waals surface area contributed by atoms with Crippen molar-refractivity contribution in [2.24, 2.45) is 0 Å². The molecule has 1 amide bonds. The van der Waals surface area contributed by atoms with E-state index in [0.717, 1.165) is 6.20 Å². The van der Waals surface area contributed by atoms with Gasteiger partial charge in [-0.3, -0.25) is 9.48 Å². The number of rotatable bonds is 4. The number of carbonyl (C=O) groups excluding carboxylic acids is 2. The molecule has 6 nitrogen and oxygen atoms in total. The maximum atomic E-state index is 13.8. The molecule has 1 aliphatic heterocycles. The van der Waals surface area contributed by atoms with Crippen LogP contribution in [0, 0.1) is 5.82 Å². The number of esters is 1. The standard InChI is InChI=1S/C19H19F4N3O3/c1-2-26-16(19(21,22)23)14(11-24-26)18(28)29-12-7-9-25(10-8-12)17(27)13-5-3-4-6-15(13)20/h3-6,11-12H,2,7-10H2,1H3. The van der Waals surface area contributed by atoms with Crippen LogP contribution >= 0.6 is 0 Å². The quantitative estimate of drug-likeness (QED) is 0.568. The third-order valence-electron chi connectivity index (χ3n) is 4.73. The Bertz CT molecular complexity index is 902. The zero-order valence-electron chi connectivity index (χ0n) is 15.6. The highest BCUT2D eigenvalue weighted by Crippen LogP contribution is 2.32. The van der Waals surface area contributed by atoms with Crippen LogP contribution in [0.4, 0.5) is 17.6 Å². The molecule has 1 aromatic heterocycles. The molecule has 3 rings (SSSR count). The molecule has 1 aromatic carbocycles. The lowest BCUT2D eigenvalue weighted by Crippen LogP contribution is -2.41. The average Bonchev–Trinajstić information content (AvgIpc) is 3.13. The van der Waals surface area contributed by atoms with Gasteiger partial charge in [0, 0.05) is 32.5 Å². The first kappa shape index (κ1) is 20.8. The van der Waals surface area contributed by atoms with Gasteiger partial charge >= 0.3 is 12.1 Å². The molecule has 1 fully saturated rings. The number of halogens is 4. The van der Waals surface area contributed by atoms with E-state index in [9.17, 15) is 27.2 Å². The van der Waals surface area contributed by atoms with Crippen molar-refractivity contribution in [3.8, 4) is 0 Å². The van der Waals surface area contributed by atoms with Crippen molar-refractivity contribution < 1.29 is 31.9 Å². The first-order valence-electron chi connectivity index (χ1n) is 9.10. The first-order chi connectivity index (χ1) is 13.7. The Kier molecular flexibility index (Phi) is 5.90. The van der Waals surface area contributed by atoms with Crippen LogP contribution in [-0.4, -0.2) is 45.8 Å². The highest BCUT2D eigenvalue weighted by molar-refractivity contribution is 5.94. The molecule has 0 N–H and O–H groups in total. The normalized spacial score (nSPS) is 15.4. The molecule has 156 valence electrons. The largest absolute Gasteiger partial charge is 0.459 e. The molecular weight excluding hydrogens is 394 g/mol. The van der Waals surface area contributed by atoms with Gasteiger partial charge in [0.05, 0.1) is 11.8 Å². The minimum absolute atomic E-state index is 0.0430. The Labute approximate surface area is 164 Å². The van der Waals surface area contributed by atoms with E-state index in [1.807, 2.05) is 0 Å². The number of ether oxygens (including phenoxy) is 1. The summed E-state index contributed by atoms with van der Waals surface area (Å²) >= 11 is 0. The van der Waals surface area contributed by atoms with Crippen LogP contribution in [-0.2, 0) is 17.5 Å². The van der Waals surface area contributed by atoms with Gasteiger partial charge < -0.3 is 9.64 Å². The van der Waals surface area contributed by atoms with Crippen LogP contribution in [0.1, 0.15) is 46.2 Å². The Morgan fingerprint density at radius 2 is 1.83 bits per heavy atom. The minimum atomic E-state index is -4.74. The second-order valence-corrected chi connectivity index (χ2v) is 6.60. The van der Waals surface area contributed by atoms with Crippen LogP contribution < -0.4 is 0 Å². The second-order valence-electron chi connectivity index (χ2n) is 6.60. The topological polar surface area (TPSA) is 64.4 Å². The van der Waals surface area contributed by atoms with Gasteiger partial charge in [0.15, 0.2) is 5.69 Å². The molecule has 0 bridgehead atoms. The predicted octanol–water partition coefficient (Wildman–Crippen LogP) is 3.52. The van der Waals surface area contributed by atoms with E-state index in [4.69, 9.17) is 4.74 Å². The number of alkyl halides is 3. The monoisotopic (exact) mass is 413 g/mol. The van der Waals surface area contributed by atoms with Gasteiger partial charge in [-0.05, 0) is 19.1 Å². The number of amides is 1. The number of piperidine rings is 1. The fraction of sp³-hybridized carbons (Fsp3) is 0.421. The second kappa shape index (κ2) is 8.22. The van der Waals surface area contributed by atoms with Crippen molar-refractivity contribution in [3.63, 3.8) is 0 Å². The summed E-state index contributed by atoms with van der Waals surface area (Å²) in [6.45, 7) is 1.84. The molecule has 10 heteroatoms. The number of aromatic nitrogens is 2. The summed E-state index contributed by atoms with van der Waals surface area (Å²) in [5, 5.41) is 3.60. The average molecular weight is 413 g/mol. The lowest BCUT2D eigenvalue weighted by molar-refractivity contribution is -0.144. The van der Waals surface area contributed by atoms with Crippen LogP contribution in [0.3, 0.4) is 0 Å². The molecule has 0 spiro atoms. The molecule has 1 aliphatic rings. The Morgan fingerprint density at radius 3 is 2.41 bits per heavy atom. The van der Waals surface area contributed by atoms with E-state index < -0.39 is 41.2 Å². The van der Waals surface area contributed by atoms with Gasteiger partial charge in [-0.2, -0.15) is 18.3 Å². The summed E-state index contributed by atoms with van der Waals surface area (Å²) in [5.41, 5.74) is -1.83. The first-order valence-corrected chi connectivity index (χ1v) is 9.10. The molecule has 0 saturated carbocycles. The maximum Gasteiger partial charge on any atom is 0.433 e. The summed E-state index contributed by atoms with van der Waals surface area (Å²) in [4.78, 5) is 26.1. The molecule has 29 heavy (non-hydrogen) atoms. The number of aryl methyl sites for hydroxylation is 1. The van der Waals surface area contributed by atoms with Gasteiger partial charge in [-0.25, -0.2) is 9.18 Å². The molecule has 0 radical (unpaired) electrons. The molecule has 0 atom stereocenters. The smallest absolute Gasteiger partial charge is 0.433 e. The predicted molar refractivity (Wildman–Crippen MR) is 93.6 cm³/mol. The third kappa shape index (κ3) is 4.41. The van der Waals surface area contributed by atoms with E-state index in [1.165, 1.54) is 30.0 Å². The molecule has 2 heterocycles.